The Morgan fingerprint density at radius 2 is 2.04 bits per heavy atom. The lowest BCUT2D eigenvalue weighted by atomic mass is 9.93. The summed E-state index contributed by atoms with van der Waals surface area (Å²) in [5.41, 5.74) is 0.239. The minimum absolute atomic E-state index is 0.0240. The molecule has 1 amide bonds. The van der Waals surface area contributed by atoms with Crippen LogP contribution in [-0.2, 0) is 11.0 Å². The van der Waals surface area contributed by atoms with E-state index in [-0.39, 0.29) is 23.4 Å². The fraction of sp³-hybridized carbons (Fsp3) is 0.526. The zero-order valence-electron chi connectivity index (χ0n) is 15.0. The molecule has 2 aromatic heterocycles. The van der Waals surface area contributed by atoms with Gasteiger partial charge in [-0.2, -0.15) is 18.3 Å². The quantitative estimate of drug-likeness (QED) is 0.749. The van der Waals surface area contributed by atoms with Gasteiger partial charge in [0.2, 0.25) is 5.91 Å². The van der Waals surface area contributed by atoms with E-state index in [1.165, 1.54) is 6.92 Å². The zero-order chi connectivity index (χ0) is 19.2. The number of aryl methyl sites for hydroxylation is 1. The monoisotopic (exact) mass is 378 g/mol. The first-order valence-electron chi connectivity index (χ1n) is 9.21. The molecular weight excluding hydrogens is 357 g/mol. The summed E-state index contributed by atoms with van der Waals surface area (Å²) >= 11 is 0. The first-order chi connectivity index (χ1) is 12.8. The Morgan fingerprint density at radius 1 is 1.22 bits per heavy atom. The summed E-state index contributed by atoms with van der Waals surface area (Å²) in [6.07, 6.45) is 2.91. The van der Waals surface area contributed by atoms with Gasteiger partial charge < -0.3 is 4.90 Å². The lowest BCUT2D eigenvalue weighted by Gasteiger charge is -2.24. The van der Waals surface area contributed by atoms with Crippen LogP contribution in [0.1, 0.15) is 48.7 Å². The van der Waals surface area contributed by atoms with Crippen molar-refractivity contribution < 1.29 is 18.0 Å². The van der Waals surface area contributed by atoms with Gasteiger partial charge in [0.1, 0.15) is 5.69 Å². The Bertz CT molecular complexity index is 902. The first kappa shape index (κ1) is 18.0. The van der Waals surface area contributed by atoms with Crippen LogP contribution in [0, 0.1) is 12.8 Å². The van der Waals surface area contributed by atoms with Crippen LogP contribution in [0.2, 0.25) is 0 Å². The molecule has 1 saturated heterocycles. The molecule has 8 heteroatoms. The third-order valence-corrected chi connectivity index (χ3v) is 5.40. The zero-order valence-corrected chi connectivity index (χ0v) is 15.0. The molecule has 2 aliphatic rings. The molecule has 0 radical (unpaired) electrons. The fourth-order valence-corrected chi connectivity index (χ4v) is 4.00. The van der Waals surface area contributed by atoms with E-state index in [1.807, 2.05) is 4.90 Å². The van der Waals surface area contributed by atoms with E-state index >= 15 is 0 Å². The maximum atomic E-state index is 13.3. The van der Waals surface area contributed by atoms with Crippen LogP contribution < -0.4 is 0 Å². The van der Waals surface area contributed by atoms with Crippen molar-refractivity contribution in [3.63, 3.8) is 0 Å². The largest absolute Gasteiger partial charge is 0.433 e. The highest BCUT2D eigenvalue weighted by molar-refractivity contribution is 5.79. The first-order valence-corrected chi connectivity index (χ1v) is 9.21. The smallest absolute Gasteiger partial charge is 0.342 e. The number of amides is 1. The molecule has 5 nitrogen and oxygen atoms in total. The average molecular weight is 378 g/mol. The summed E-state index contributed by atoms with van der Waals surface area (Å²) in [6.45, 7) is 2.66. The Balaban J connectivity index is 1.57. The molecule has 3 heterocycles. The Hall–Kier alpha value is -2.38. The molecule has 27 heavy (non-hydrogen) atoms. The highest BCUT2D eigenvalue weighted by Gasteiger charge is 2.36. The summed E-state index contributed by atoms with van der Waals surface area (Å²) in [5.74, 6) is 0.114. The van der Waals surface area contributed by atoms with Gasteiger partial charge in [-0.05, 0) is 38.7 Å². The summed E-state index contributed by atoms with van der Waals surface area (Å²) in [6, 6.07) is 2.62. The summed E-state index contributed by atoms with van der Waals surface area (Å²) < 4.78 is 40.8. The minimum atomic E-state index is -4.50. The number of aromatic nitrogens is 3. The molecule has 0 saturated carbocycles. The number of likely N-dealkylation sites (tertiary alicyclic amines) is 1. The predicted molar refractivity (Wildman–Crippen MR) is 93.1 cm³/mol. The van der Waals surface area contributed by atoms with Crippen LogP contribution in [0.5, 0.6) is 0 Å². The average Bonchev–Trinajstić information content (AvgIpc) is 3.27. The van der Waals surface area contributed by atoms with E-state index in [0.29, 0.717) is 30.9 Å². The highest BCUT2D eigenvalue weighted by atomic mass is 19.4. The van der Waals surface area contributed by atoms with E-state index in [4.69, 9.17) is 0 Å². The molecule has 4 rings (SSSR count). The number of hydrogen-bond acceptors (Lipinski definition) is 3. The Kier molecular flexibility index (Phi) is 4.44. The van der Waals surface area contributed by atoms with Crippen molar-refractivity contribution in [2.75, 3.05) is 13.1 Å². The van der Waals surface area contributed by atoms with Gasteiger partial charge >= 0.3 is 6.18 Å². The second-order valence-corrected chi connectivity index (χ2v) is 7.37. The molecule has 1 fully saturated rings. The van der Waals surface area contributed by atoms with E-state index in [0.717, 1.165) is 29.8 Å². The van der Waals surface area contributed by atoms with Crippen molar-refractivity contribution in [1.29, 1.82) is 0 Å². The molecule has 1 aliphatic carbocycles. The number of alkyl halides is 3. The molecular formula is C19H21F3N4O. The van der Waals surface area contributed by atoms with Crippen LogP contribution >= 0.6 is 0 Å². The van der Waals surface area contributed by atoms with Crippen molar-refractivity contribution >= 4 is 11.6 Å². The lowest BCUT2D eigenvalue weighted by Crippen LogP contribution is -2.34. The van der Waals surface area contributed by atoms with Gasteiger partial charge in [-0.25, -0.2) is 9.50 Å². The second kappa shape index (κ2) is 6.65. The third-order valence-electron chi connectivity index (χ3n) is 5.40. The molecule has 2 aromatic rings. The summed E-state index contributed by atoms with van der Waals surface area (Å²) in [5, 5.41) is 4.19. The van der Waals surface area contributed by atoms with Gasteiger partial charge in [-0.15, -0.1) is 0 Å². The van der Waals surface area contributed by atoms with Crippen molar-refractivity contribution in [2.24, 2.45) is 5.92 Å². The van der Waals surface area contributed by atoms with Crippen LogP contribution in [-0.4, -0.2) is 38.5 Å². The lowest BCUT2D eigenvalue weighted by molar-refractivity contribution is -0.142. The minimum Gasteiger partial charge on any atom is -0.342 e. The molecule has 1 aliphatic heterocycles. The SMILES string of the molecule is Cc1cc(C(F)(F)F)n2nc([C@@H]3CCN(C(=O)[C@@H]4CC=CCC4)C3)cc2n1. The van der Waals surface area contributed by atoms with Crippen LogP contribution in [0.15, 0.2) is 24.3 Å². The molecule has 2 atom stereocenters. The van der Waals surface area contributed by atoms with E-state index in [2.05, 4.69) is 22.2 Å². The number of rotatable bonds is 2. The Morgan fingerprint density at radius 3 is 2.74 bits per heavy atom. The van der Waals surface area contributed by atoms with Gasteiger partial charge in [0.05, 0.1) is 5.69 Å². The molecule has 0 N–H and O–H groups in total. The number of carbonyl (C=O) groups is 1. The van der Waals surface area contributed by atoms with Crippen LogP contribution in [0.25, 0.3) is 5.65 Å². The number of nitrogens with zero attached hydrogens (tertiary/aromatic N) is 4. The summed E-state index contributed by atoms with van der Waals surface area (Å²) in [4.78, 5) is 18.7. The molecule has 0 spiro atoms. The second-order valence-electron chi connectivity index (χ2n) is 7.37. The molecule has 0 bridgehead atoms. The van der Waals surface area contributed by atoms with E-state index in [9.17, 15) is 18.0 Å². The molecule has 0 unspecified atom stereocenters. The predicted octanol–water partition coefficient (Wildman–Crippen LogP) is 3.73. The van der Waals surface area contributed by atoms with E-state index < -0.39 is 11.9 Å². The number of allylic oxidation sites excluding steroid dienone is 2. The fourth-order valence-electron chi connectivity index (χ4n) is 4.00. The third kappa shape index (κ3) is 3.44. The van der Waals surface area contributed by atoms with Crippen LogP contribution in [0.3, 0.4) is 0 Å². The maximum Gasteiger partial charge on any atom is 0.433 e. The Labute approximate surface area is 154 Å². The number of hydrogen-bond donors (Lipinski definition) is 0. The van der Waals surface area contributed by atoms with Crippen molar-refractivity contribution in [1.82, 2.24) is 19.5 Å². The van der Waals surface area contributed by atoms with Gasteiger partial charge in [0.25, 0.3) is 0 Å². The normalized spacial score (nSPS) is 23.3. The maximum absolute atomic E-state index is 13.3. The standard InChI is InChI=1S/C19H21F3N4O/c1-12-9-16(19(20,21)22)26-17(23-12)10-15(24-26)14-7-8-25(11-14)18(27)13-5-3-2-4-6-13/h2-3,9-10,13-14H,4-8,11H2,1H3/t13-,14-/m1/s1. The molecule has 0 aromatic carbocycles. The van der Waals surface area contributed by atoms with E-state index in [1.54, 1.807) is 6.07 Å². The highest BCUT2D eigenvalue weighted by Crippen LogP contribution is 2.33. The van der Waals surface area contributed by atoms with Crippen molar-refractivity contribution in [3.8, 4) is 0 Å². The van der Waals surface area contributed by atoms with Gasteiger partial charge in [-0.3, -0.25) is 4.79 Å². The van der Waals surface area contributed by atoms with Crippen molar-refractivity contribution in [2.45, 2.75) is 44.7 Å². The van der Waals surface area contributed by atoms with Crippen LogP contribution in [0.4, 0.5) is 13.2 Å². The topological polar surface area (TPSA) is 50.5 Å². The number of halogens is 3. The molecule has 144 valence electrons. The number of carbonyl (C=O) groups excluding carboxylic acids is 1. The van der Waals surface area contributed by atoms with Gasteiger partial charge in [0.15, 0.2) is 5.65 Å². The van der Waals surface area contributed by atoms with Gasteiger partial charge in [-0.1, -0.05) is 12.2 Å². The number of fused-ring (bicyclic) bond motifs is 1. The van der Waals surface area contributed by atoms with Crippen molar-refractivity contribution in [3.05, 3.63) is 41.4 Å². The summed E-state index contributed by atoms with van der Waals surface area (Å²) in [7, 11) is 0. The van der Waals surface area contributed by atoms with Gasteiger partial charge in [0, 0.05) is 36.7 Å².